The van der Waals surface area contributed by atoms with Gasteiger partial charge >= 0.3 is 5.97 Å². The Kier molecular flexibility index (Phi) is 6.87. The average molecular weight is 473 g/mol. The van der Waals surface area contributed by atoms with Gasteiger partial charge in [0.2, 0.25) is 0 Å². The SMILES string of the molecule is Cc1ccc2c(Cl)cc(Cl)c(OCC(=O)OCC(=O)Nc3ccc(F)c(F)c3F)c2n1. The summed E-state index contributed by atoms with van der Waals surface area (Å²) in [5.74, 6) is -6.51. The Balaban J connectivity index is 1.61. The topological polar surface area (TPSA) is 77.5 Å². The third kappa shape index (κ3) is 5.18. The van der Waals surface area contributed by atoms with Crippen molar-refractivity contribution in [1.82, 2.24) is 4.98 Å². The highest BCUT2D eigenvalue weighted by Gasteiger charge is 2.18. The minimum absolute atomic E-state index is 0.107. The molecule has 1 amide bonds. The first-order valence-corrected chi connectivity index (χ1v) is 9.40. The maximum absolute atomic E-state index is 13.6. The minimum atomic E-state index is -1.74. The smallest absolute Gasteiger partial charge is 0.344 e. The third-order valence-electron chi connectivity index (χ3n) is 3.99. The number of carbonyl (C=O) groups excluding carboxylic acids is 2. The van der Waals surface area contributed by atoms with E-state index in [1.807, 2.05) is 5.32 Å². The molecule has 0 saturated carbocycles. The largest absolute Gasteiger partial charge is 0.478 e. The molecule has 0 aliphatic heterocycles. The highest BCUT2D eigenvalue weighted by atomic mass is 35.5. The van der Waals surface area contributed by atoms with Gasteiger partial charge in [0.25, 0.3) is 5.91 Å². The summed E-state index contributed by atoms with van der Waals surface area (Å²) in [6.45, 7) is 0.326. The number of anilines is 1. The molecule has 1 aromatic heterocycles. The van der Waals surface area contributed by atoms with Crippen LogP contribution in [0.1, 0.15) is 5.69 Å². The molecule has 0 bridgehead atoms. The zero-order valence-corrected chi connectivity index (χ0v) is 17.3. The summed E-state index contributed by atoms with van der Waals surface area (Å²) in [7, 11) is 0. The van der Waals surface area contributed by atoms with Crippen LogP contribution in [-0.4, -0.2) is 30.1 Å². The van der Waals surface area contributed by atoms with Gasteiger partial charge in [-0.3, -0.25) is 4.79 Å². The Labute approximate surface area is 183 Å². The van der Waals surface area contributed by atoms with Crippen LogP contribution in [-0.2, 0) is 14.3 Å². The van der Waals surface area contributed by atoms with Crippen LogP contribution in [0.5, 0.6) is 5.75 Å². The summed E-state index contributed by atoms with van der Waals surface area (Å²) in [6.07, 6.45) is 0. The molecule has 0 aliphatic rings. The van der Waals surface area contributed by atoms with Crippen LogP contribution >= 0.6 is 23.2 Å². The lowest BCUT2D eigenvalue weighted by molar-refractivity contribution is -0.149. The number of halogens is 5. The van der Waals surface area contributed by atoms with Crippen LogP contribution in [0.4, 0.5) is 18.9 Å². The number of nitrogens with one attached hydrogen (secondary N) is 1. The second-order valence-electron chi connectivity index (χ2n) is 6.24. The molecular formula is C20H13Cl2F3N2O4. The number of amides is 1. The quantitative estimate of drug-likeness (QED) is 0.410. The lowest BCUT2D eigenvalue weighted by atomic mass is 10.2. The fourth-order valence-corrected chi connectivity index (χ4v) is 3.13. The number of pyridine rings is 1. The van der Waals surface area contributed by atoms with Gasteiger partial charge in [0.15, 0.2) is 36.4 Å². The van der Waals surface area contributed by atoms with Gasteiger partial charge in [-0.15, -0.1) is 0 Å². The van der Waals surface area contributed by atoms with Crippen molar-refractivity contribution < 1.29 is 32.2 Å². The number of carbonyl (C=O) groups is 2. The lowest BCUT2D eigenvalue weighted by Crippen LogP contribution is -2.24. The first-order valence-electron chi connectivity index (χ1n) is 8.64. The monoisotopic (exact) mass is 472 g/mol. The average Bonchev–Trinajstić information content (AvgIpc) is 2.72. The Bertz CT molecular complexity index is 1190. The van der Waals surface area contributed by atoms with Gasteiger partial charge in [-0.05, 0) is 37.3 Å². The Morgan fingerprint density at radius 3 is 2.52 bits per heavy atom. The zero-order chi connectivity index (χ0) is 22.7. The summed E-state index contributed by atoms with van der Waals surface area (Å²) in [5.41, 5.74) is 0.410. The van der Waals surface area contributed by atoms with Gasteiger partial charge in [-0.1, -0.05) is 23.2 Å². The lowest BCUT2D eigenvalue weighted by Gasteiger charge is -2.12. The molecule has 6 nitrogen and oxygen atoms in total. The highest BCUT2D eigenvalue weighted by Crippen LogP contribution is 2.37. The standard InChI is InChI=1S/C20H13Cl2F3N2O4/c1-9-2-3-10-11(21)6-12(22)20(19(10)26-9)31-8-16(29)30-7-15(28)27-14-5-4-13(23)17(24)18(14)25/h2-6H,7-8H2,1H3,(H,27,28). The molecule has 2 aromatic carbocycles. The Morgan fingerprint density at radius 2 is 1.77 bits per heavy atom. The number of ether oxygens (including phenoxy) is 2. The number of benzene rings is 2. The second kappa shape index (κ2) is 9.40. The van der Waals surface area contributed by atoms with E-state index in [9.17, 15) is 22.8 Å². The number of hydrogen-bond acceptors (Lipinski definition) is 5. The second-order valence-corrected chi connectivity index (χ2v) is 7.05. The first-order chi connectivity index (χ1) is 14.7. The summed E-state index contributed by atoms with van der Waals surface area (Å²) in [5, 5.41) is 3.00. The molecule has 1 N–H and O–H groups in total. The molecule has 31 heavy (non-hydrogen) atoms. The van der Waals surface area contributed by atoms with E-state index in [1.165, 1.54) is 6.07 Å². The van der Waals surface area contributed by atoms with Crippen LogP contribution in [0.2, 0.25) is 10.0 Å². The van der Waals surface area contributed by atoms with Crippen LogP contribution in [0.3, 0.4) is 0 Å². The van der Waals surface area contributed by atoms with E-state index < -0.39 is 48.2 Å². The van der Waals surface area contributed by atoms with Crippen molar-refractivity contribution in [3.05, 3.63) is 63.5 Å². The van der Waals surface area contributed by atoms with E-state index in [1.54, 1.807) is 19.1 Å². The number of hydrogen-bond donors (Lipinski definition) is 1. The summed E-state index contributed by atoms with van der Waals surface area (Å²) >= 11 is 12.3. The van der Waals surface area contributed by atoms with Gasteiger partial charge < -0.3 is 14.8 Å². The molecule has 0 fully saturated rings. The van der Waals surface area contributed by atoms with E-state index >= 15 is 0 Å². The molecule has 0 atom stereocenters. The van der Waals surface area contributed by atoms with Gasteiger partial charge in [-0.2, -0.15) is 0 Å². The van der Waals surface area contributed by atoms with Crippen molar-refractivity contribution in [3.63, 3.8) is 0 Å². The number of rotatable bonds is 6. The number of fused-ring (bicyclic) bond motifs is 1. The fraction of sp³-hybridized carbons (Fsp3) is 0.150. The first kappa shape index (κ1) is 22.6. The van der Waals surface area contributed by atoms with Crippen LogP contribution < -0.4 is 10.1 Å². The Hall–Kier alpha value is -3.04. The molecule has 0 unspecified atom stereocenters. The van der Waals surface area contributed by atoms with E-state index in [-0.39, 0.29) is 10.8 Å². The molecule has 162 valence electrons. The summed E-state index contributed by atoms with van der Waals surface area (Å²) < 4.78 is 49.8. The molecule has 0 saturated heterocycles. The van der Waals surface area contributed by atoms with Gasteiger partial charge in [-0.25, -0.2) is 22.9 Å². The molecular weight excluding hydrogens is 460 g/mol. The fourth-order valence-electron chi connectivity index (χ4n) is 2.56. The number of aromatic nitrogens is 1. The normalized spacial score (nSPS) is 10.8. The molecule has 3 aromatic rings. The van der Waals surface area contributed by atoms with E-state index in [2.05, 4.69) is 4.98 Å². The maximum atomic E-state index is 13.6. The number of nitrogens with zero attached hydrogens (tertiary/aromatic N) is 1. The minimum Gasteiger partial charge on any atom is -0.478 e. The van der Waals surface area contributed by atoms with E-state index in [0.717, 1.165) is 6.07 Å². The van der Waals surface area contributed by atoms with Crippen LogP contribution in [0.15, 0.2) is 30.3 Å². The van der Waals surface area contributed by atoms with E-state index in [4.69, 9.17) is 32.7 Å². The van der Waals surface area contributed by atoms with Gasteiger partial charge in [0.1, 0.15) is 5.52 Å². The summed E-state index contributed by atoms with van der Waals surface area (Å²) in [6, 6.07) is 6.38. The van der Waals surface area contributed by atoms with Crippen molar-refractivity contribution in [1.29, 1.82) is 0 Å². The highest BCUT2D eigenvalue weighted by molar-refractivity contribution is 6.39. The number of esters is 1. The molecule has 0 aliphatic carbocycles. The molecule has 0 radical (unpaired) electrons. The zero-order valence-electron chi connectivity index (χ0n) is 15.8. The van der Waals surface area contributed by atoms with Crippen molar-refractivity contribution in [2.75, 3.05) is 18.5 Å². The molecule has 3 rings (SSSR count). The van der Waals surface area contributed by atoms with Gasteiger partial charge in [0, 0.05) is 11.1 Å². The van der Waals surface area contributed by atoms with Crippen LogP contribution in [0, 0.1) is 24.4 Å². The predicted molar refractivity (Wildman–Crippen MR) is 108 cm³/mol. The van der Waals surface area contributed by atoms with E-state index in [0.29, 0.717) is 27.7 Å². The van der Waals surface area contributed by atoms with Crippen molar-refractivity contribution in [2.45, 2.75) is 6.92 Å². The predicted octanol–water partition coefficient (Wildman–Crippen LogP) is 4.83. The van der Waals surface area contributed by atoms with Crippen molar-refractivity contribution in [3.8, 4) is 5.75 Å². The summed E-state index contributed by atoms with van der Waals surface area (Å²) in [4.78, 5) is 28.0. The van der Waals surface area contributed by atoms with Crippen molar-refractivity contribution >= 4 is 51.7 Å². The third-order valence-corrected chi connectivity index (χ3v) is 4.58. The van der Waals surface area contributed by atoms with Crippen LogP contribution in [0.25, 0.3) is 10.9 Å². The molecule has 0 spiro atoms. The maximum Gasteiger partial charge on any atom is 0.344 e. The number of aryl methyl sites for hydroxylation is 1. The molecule has 11 heteroatoms. The molecule has 1 heterocycles. The van der Waals surface area contributed by atoms with Crippen molar-refractivity contribution in [2.24, 2.45) is 0 Å². The Morgan fingerprint density at radius 1 is 1.03 bits per heavy atom. The van der Waals surface area contributed by atoms with Gasteiger partial charge in [0.05, 0.1) is 15.7 Å².